The normalized spacial score (nSPS) is 16.3. The molecule has 1 fully saturated rings. The van der Waals surface area contributed by atoms with Crippen LogP contribution in [0.4, 0.5) is 10.5 Å². The number of benzene rings is 2. The molecule has 2 heterocycles. The fourth-order valence-corrected chi connectivity index (χ4v) is 3.47. The second kappa shape index (κ2) is 7.75. The van der Waals surface area contributed by atoms with Crippen molar-refractivity contribution in [3.8, 4) is 0 Å². The maximum atomic E-state index is 12.9. The van der Waals surface area contributed by atoms with E-state index in [-0.39, 0.29) is 24.7 Å². The molecular weight excluding hydrogens is 370 g/mol. The molecule has 0 bridgehead atoms. The molecule has 1 aliphatic heterocycles. The number of amides is 4. The molecule has 1 saturated heterocycles. The molecule has 1 aromatic heterocycles. The van der Waals surface area contributed by atoms with Gasteiger partial charge in [-0.05, 0) is 24.8 Å². The van der Waals surface area contributed by atoms with Crippen molar-refractivity contribution in [1.29, 1.82) is 0 Å². The Bertz CT molecular complexity index is 1090. The number of imide groups is 1. The molecule has 0 spiro atoms. The van der Waals surface area contributed by atoms with Crippen LogP contribution in [0.15, 0.2) is 48.7 Å². The van der Waals surface area contributed by atoms with E-state index in [4.69, 9.17) is 0 Å². The van der Waals surface area contributed by atoms with Gasteiger partial charge in [0.05, 0.1) is 11.9 Å². The average Bonchev–Trinajstić information content (AvgIpc) is 3.26. The topological polar surface area (TPSA) is 107 Å². The number of nitrogens with one attached hydrogen (secondary N) is 3. The second-order valence-corrected chi connectivity index (χ2v) is 7.01. The highest BCUT2D eigenvalue weighted by atomic mass is 16.2. The second-order valence-electron chi connectivity index (χ2n) is 7.01. The molecule has 0 saturated carbocycles. The highest BCUT2D eigenvalue weighted by Crippen LogP contribution is 2.29. The van der Waals surface area contributed by atoms with Crippen LogP contribution in [0, 0.1) is 6.92 Å². The first-order valence-corrected chi connectivity index (χ1v) is 9.42. The van der Waals surface area contributed by atoms with Crippen molar-refractivity contribution in [3.05, 3.63) is 59.9 Å². The lowest BCUT2D eigenvalue weighted by Crippen LogP contribution is -2.32. The first-order valence-electron chi connectivity index (χ1n) is 9.42. The number of hydrogen-bond acceptors (Lipinski definition) is 4. The minimum Gasteiger partial charge on any atom is -0.352 e. The van der Waals surface area contributed by atoms with E-state index in [1.807, 2.05) is 43.3 Å². The summed E-state index contributed by atoms with van der Waals surface area (Å²) in [5.74, 6) is -0.527. The van der Waals surface area contributed by atoms with Gasteiger partial charge < -0.3 is 10.6 Å². The standard InChI is InChI=1S/C21H21N5O3/c1-13-15(12-23-25-13)11-22-19(27)10-9-17-20(28)26(21(29)24-17)18-8-4-6-14-5-2-3-7-16(14)18/h2-8,12,17H,9-11H2,1H3,(H,22,27)(H,23,25)(H,24,29)/t17-/m1/s1. The van der Waals surface area contributed by atoms with Crippen LogP contribution in [0.3, 0.4) is 0 Å². The molecule has 0 unspecified atom stereocenters. The maximum Gasteiger partial charge on any atom is 0.329 e. The monoisotopic (exact) mass is 391 g/mol. The number of aromatic amines is 1. The Morgan fingerprint density at radius 3 is 2.76 bits per heavy atom. The molecule has 1 atom stereocenters. The van der Waals surface area contributed by atoms with Crippen LogP contribution in [0.1, 0.15) is 24.1 Å². The number of aryl methyl sites for hydroxylation is 1. The number of urea groups is 1. The smallest absolute Gasteiger partial charge is 0.329 e. The third-order valence-electron chi connectivity index (χ3n) is 5.10. The molecule has 0 aliphatic carbocycles. The summed E-state index contributed by atoms with van der Waals surface area (Å²) in [6, 6.07) is 11.9. The lowest BCUT2D eigenvalue weighted by Gasteiger charge is -2.15. The van der Waals surface area contributed by atoms with Gasteiger partial charge in [0.2, 0.25) is 5.91 Å². The third kappa shape index (κ3) is 3.69. The molecule has 8 nitrogen and oxygen atoms in total. The van der Waals surface area contributed by atoms with E-state index in [1.54, 1.807) is 12.3 Å². The number of carbonyl (C=O) groups is 3. The predicted octanol–water partition coefficient (Wildman–Crippen LogP) is 2.39. The number of fused-ring (bicyclic) bond motifs is 1. The zero-order chi connectivity index (χ0) is 20.4. The van der Waals surface area contributed by atoms with Crippen LogP contribution in [0.5, 0.6) is 0 Å². The minimum absolute atomic E-state index is 0.136. The van der Waals surface area contributed by atoms with Crippen LogP contribution in [-0.4, -0.2) is 34.1 Å². The van der Waals surface area contributed by atoms with Crippen molar-refractivity contribution in [1.82, 2.24) is 20.8 Å². The molecule has 1 aliphatic rings. The summed E-state index contributed by atoms with van der Waals surface area (Å²) in [4.78, 5) is 38.7. The molecule has 4 amide bonds. The number of anilines is 1. The molecule has 4 rings (SSSR count). The number of H-pyrrole nitrogens is 1. The molecule has 0 radical (unpaired) electrons. The van der Waals surface area contributed by atoms with Crippen LogP contribution >= 0.6 is 0 Å². The van der Waals surface area contributed by atoms with Gasteiger partial charge in [-0.3, -0.25) is 14.7 Å². The van der Waals surface area contributed by atoms with E-state index >= 15 is 0 Å². The zero-order valence-corrected chi connectivity index (χ0v) is 15.9. The lowest BCUT2D eigenvalue weighted by molar-refractivity contribution is -0.122. The molecule has 3 N–H and O–H groups in total. The summed E-state index contributed by atoms with van der Waals surface area (Å²) in [7, 11) is 0. The van der Waals surface area contributed by atoms with Gasteiger partial charge in [0.1, 0.15) is 6.04 Å². The Balaban J connectivity index is 1.40. The predicted molar refractivity (Wildman–Crippen MR) is 108 cm³/mol. The summed E-state index contributed by atoms with van der Waals surface area (Å²) >= 11 is 0. The first kappa shape index (κ1) is 18.7. The highest BCUT2D eigenvalue weighted by molar-refractivity contribution is 6.24. The van der Waals surface area contributed by atoms with Gasteiger partial charge >= 0.3 is 6.03 Å². The Morgan fingerprint density at radius 1 is 1.17 bits per heavy atom. The highest BCUT2D eigenvalue weighted by Gasteiger charge is 2.39. The van der Waals surface area contributed by atoms with Gasteiger partial charge in [0.25, 0.3) is 5.91 Å². The van der Waals surface area contributed by atoms with E-state index in [9.17, 15) is 14.4 Å². The quantitative estimate of drug-likeness (QED) is 0.561. The van der Waals surface area contributed by atoms with E-state index in [0.717, 1.165) is 22.0 Å². The largest absolute Gasteiger partial charge is 0.352 e. The van der Waals surface area contributed by atoms with Crippen LogP contribution in [0.25, 0.3) is 10.8 Å². The number of carbonyl (C=O) groups excluding carboxylic acids is 3. The van der Waals surface area contributed by atoms with Crippen LogP contribution in [-0.2, 0) is 16.1 Å². The number of aromatic nitrogens is 2. The molecule has 29 heavy (non-hydrogen) atoms. The fraction of sp³-hybridized carbons (Fsp3) is 0.238. The summed E-state index contributed by atoms with van der Waals surface area (Å²) in [6.07, 6.45) is 2.04. The van der Waals surface area contributed by atoms with Crippen molar-refractivity contribution < 1.29 is 14.4 Å². The van der Waals surface area contributed by atoms with Crippen molar-refractivity contribution in [3.63, 3.8) is 0 Å². The van der Waals surface area contributed by atoms with Crippen molar-refractivity contribution >= 4 is 34.3 Å². The molecular formula is C21H21N5O3. The van der Waals surface area contributed by atoms with Crippen LogP contribution < -0.4 is 15.5 Å². The van der Waals surface area contributed by atoms with Gasteiger partial charge in [-0.25, -0.2) is 9.69 Å². The molecule has 2 aromatic carbocycles. The minimum atomic E-state index is -0.720. The molecule has 3 aromatic rings. The van der Waals surface area contributed by atoms with Gasteiger partial charge in [-0.2, -0.15) is 5.10 Å². The van der Waals surface area contributed by atoms with E-state index in [1.165, 1.54) is 4.90 Å². The Kier molecular flexibility index (Phi) is 4.99. The van der Waals surface area contributed by atoms with E-state index in [2.05, 4.69) is 20.8 Å². The molecule has 8 heteroatoms. The summed E-state index contributed by atoms with van der Waals surface area (Å²) < 4.78 is 0. The van der Waals surface area contributed by atoms with Crippen LogP contribution in [0.2, 0.25) is 0 Å². The summed E-state index contributed by atoms with van der Waals surface area (Å²) in [6.45, 7) is 2.25. The SMILES string of the molecule is Cc1[nH]ncc1CNC(=O)CC[C@H]1NC(=O)N(c2cccc3ccccc23)C1=O. The van der Waals surface area contributed by atoms with E-state index < -0.39 is 12.1 Å². The number of hydrogen-bond donors (Lipinski definition) is 3. The number of rotatable bonds is 6. The fourth-order valence-electron chi connectivity index (χ4n) is 3.47. The Labute approximate surface area is 167 Å². The maximum absolute atomic E-state index is 12.9. The zero-order valence-electron chi connectivity index (χ0n) is 15.9. The van der Waals surface area contributed by atoms with Gasteiger partial charge in [0.15, 0.2) is 0 Å². The summed E-state index contributed by atoms with van der Waals surface area (Å²) in [5, 5.41) is 14.0. The van der Waals surface area contributed by atoms with Crippen molar-refractivity contribution in [2.45, 2.75) is 32.4 Å². The Morgan fingerprint density at radius 2 is 1.97 bits per heavy atom. The first-order chi connectivity index (χ1) is 14.0. The number of nitrogens with zero attached hydrogens (tertiary/aromatic N) is 2. The van der Waals surface area contributed by atoms with Crippen molar-refractivity contribution in [2.24, 2.45) is 0 Å². The van der Waals surface area contributed by atoms with Crippen molar-refractivity contribution in [2.75, 3.05) is 4.90 Å². The van der Waals surface area contributed by atoms with Gasteiger partial charge in [0, 0.05) is 29.6 Å². The summed E-state index contributed by atoms with van der Waals surface area (Å²) in [5.41, 5.74) is 2.35. The molecule has 148 valence electrons. The van der Waals surface area contributed by atoms with Gasteiger partial charge in [-0.15, -0.1) is 0 Å². The Hall–Kier alpha value is -3.68. The third-order valence-corrected chi connectivity index (χ3v) is 5.10. The average molecular weight is 391 g/mol. The van der Waals surface area contributed by atoms with Gasteiger partial charge in [-0.1, -0.05) is 36.4 Å². The lowest BCUT2D eigenvalue weighted by atomic mass is 10.1. The van der Waals surface area contributed by atoms with E-state index in [0.29, 0.717) is 12.2 Å².